The highest BCUT2D eigenvalue weighted by atomic mass is 16.8. The van der Waals surface area contributed by atoms with Gasteiger partial charge in [0.05, 0.1) is 0 Å². The van der Waals surface area contributed by atoms with E-state index in [4.69, 9.17) is 5.21 Å². The Morgan fingerprint density at radius 1 is 1.25 bits per heavy atom. The molecule has 0 aromatic heterocycles. The fourth-order valence-corrected chi connectivity index (χ4v) is 7.03. The fraction of sp³-hybridized carbons (Fsp3) is 0.850. The molecule has 0 amide bonds. The predicted molar refractivity (Wildman–Crippen MR) is 92.1 cm³/mol. The molecule has 24 heavy (non-hydrogen) atoms. The number of Topliss-reactive ketones (excluding diaryl/α,β-unsaturated/α-hetero) is 1. The summed E-state index contributed by atoms with van der Waals surface area (Å²) in [6, 6.07) is 0. The maximum Gasteiger partial charge on any atom is 0.139 e. The first-order chi connectivity index (χ1) is 11.3. The van der Waals surface area contributed by atoms with Crippen LogP contribution in [0.3, 0.4) is 0 Å². The van der Waals surface area contributed by atoms with Gasteiger partial charge in [-0.3, -0.25) is 10.0 Å². The minimum absolute atomic E-state index is 0.0417. The monoisotopic (exact) mass is 332 g/mol. The standard InChI is InChI=1S/C20H30NO3/c1-19-9-7-13(12-21(23)24)11-14(19)3-4-15-16-5-6-18(22)20(16,2)10-8-17(15)19/h7,14-17,23H,3-6,8-12H2,1-2H3/q-1/t14-,15+,16-,17+,19-,20-/m0/s1. The van der Waals surface area contributed by atoms with Crippen molar-refractivity contribution in [1.29, 1.82) is 0 Å². The summed E-state index contributed by atoms with van der Waals surface area (Å²) >= 11 is 0. The molecule has 0 aromatic carbocycles. The van der Waals surface area contributed by atoms with Gasteiger partial charge in [-0.1, -0.05) is 25.5 Å². The van der Waals surface area contributed by atoms with E-state index in [0.29, 0.717) is 29.0 Å². The summed E-state index contributed by atoms with van der Waals surface area (Å²) in [6.45, 7) is 4.82. The molecule has 0 radical (unpaired) electrons. The molecule has 4 aliphatic rings. The summed E-state index contributed by atoms with van der Waals surface area (Å²) in [6.07, 6.45) is 10.8. The minimum atomic E-state index is -0.0417. The second-order valence-corrected chi connectivity index (χ2v) is 9.36. The highest BCUT2D eigenvalue weighted by Gasteiger charge is 2.59. The van der Waals surface area contributed by atoms with Crippen LogP contribution in [-0.2, 0) is 4.79 Å². The van der Waals surface area contributed by atoms with Crippen molar-refractivity contribution in [2.45, 2.75) is 65.2 Å². The molecule has 4 rings (SSSR count). The average Bonchev–Trinajstić information content (AvgIpc) is 2.83. The Balaban J connectivity index is 1.58. The molecule has 134 valence electrons. The van der Waals surface area contributed by atoms with Crippen LogP contribution >= 0.6 is 0 Å². The van der Waals surface area contributed by atoms with Gasteiger partial charge in [-0.15, -0.1) is 0 Å². The van der Waals surface area contributed by atoms with Crippen LogP contribution in [0.15, 0.2) is 11.6 Å². The highest BCUT2D eigenvalue weighted by Crippen LogP contribution is 2.65. The SMILES string of the molecule is C[C@]12CC=C(CN([O-])O)C[C@@H]1CC[C@H]1[C@H]2CC[C@]2(C)C(=O)CC[C@@H]12. The number of fused-ring (bicyclic) bond motifs is 5. The van der Waals surface area contributed by atoms with E-state index in [1.165, 1.54) is 19.3 Å². The number of hydroxylamine groups is 2. The Morgan fingerprint density at radius 2 is 2.04 bits per heavy atom. The zero-order chi connectivity index (χ0) is 17.1. The summed E-state index contributed by atoms with van der Waals surface area (Å²) < 4.78 is 0. The summed E-state index contributed by atoms with van der Waals surface area (Å²) in [5.41, 5.74) is 1.37. The van der Waals surface area contributed by atoms with Gasteiger partial charge in [0.1, 0.15) is 5.78 Å². The summed E-state index contributed by atoms with van der Waals surface area (Å²) in [5.74, 6) is 3.17. The molecule has 3 saturated carbocycles. The van der Waals surface area contributed by atoms with Crippen molar-refractivity contribution < 1.29 is 10.0 Å². The van der Waals surface area contributed by atoms with Crippen molar-refractivity contribution in [2.24, 2.45) is 34.5 Å². The van der Waals surface area contributed by atoms with E-state index >= 15 is 0 Å². The third-order valence-electron chi connectivity index (χ3n) is 8.45. The van der Waals surface area contributed by atoms with Crippen LogP contribution < -0.4 is 0 Å². The maximum atomic E-state index is 12.4. The van der Waals surface area contributed by atoms with Gasteiger partial charge in [0.2, 0.25) is 0 Å². The third-order valence-corrected chi connectivity index (χ3v) is 8.45. The lowest BCUT2D eigenvalue weighted by Gasteiger charge is -2.59. The molecule has 0 aliphatic heterocycles. The lowest BCUT2D eigenvalue weighted by molar-refractivity contribution is -0.136. The van der Waals surface area contributed by atoms with E-state index in [-0.39, 0.29) is 17.2 Å². The summed E-state index contributed by atoms with van der Waals surface area (Å²) in [5, 5.41) is 20.0. The van der Waals surface area contributed by atoms with Crippen LogP contribution in [0, 0.1) is 39.7 Å². The summed E-state index contributed by atoms with van der Waals surface area (Å²) in [7, 11) is 0. The molecule has 0 spiro atoms. The number of carbonyl (C=O) groups is 1. The second kappa shape index (κ2) is 5.65. The Labute approximate surface area is 144 Å². The molecule has 0 saturated heterocycles. The molecular formula is C20H30NO3-. The number of carbonyl (C=O) groups excluding carboxylic acids is 1. The van der Waals surface area contributed by atoms with Crippen molar-refractivity contribution in [1.82, 2.24) is 5.23 Å². The first kappa shape index (κ1) is 16.7. The highest BCUT2D eigenvalue weighted by molar-refractivity contribution is 5.87. The van der Waals surface area contributed by atoms with Crippen LogP contribution in [0.5, 0.6) is 0 Å². The number of hydrogen-bond acceptors (Lipinski definition) is 4. The smallest absolute Gasteiger partial charge is 0.139 e. The third kappa shape index (κ3) is 2.33. The van der Waals surface area contributed by atoms with Gasteiger partial charge in [-0.25, -0.2) is 0 Å². The number of hydrogen-bond donors (Lipinski definition) is 1. The topological polar surface area (TPSA) is 63.6 Å². The molecule has 0 aromatic rings. The first-order valence-electron chi connectivity index (χ1n) is 9.69. The van der Waals surface area contributed by atoms with E-state index in [1.807, 2.05) is 0 Å². The van der Waals surface area contributed by atoms with Gasteiger partial charge < -0.3 is 10.4 Å². The minimum Gasteiger partial charge on any atom is -0.762 e. The van der Waals surface area contributed by atoms with Crippen LogP contribution in [-0.4, -0.2) is 22.8 Å². The van der Waals surface area contributed by atoms with Crippen molar-refractivity contribution in [3.8, 4) is 0 Å². The zero-order valence-electron chi connectivity index (χ0n) is 15.0. The normalized spacial score (nSPS) is 47.9. The molecule has 0 bridgehead atoms. The van der Waals surface area contributed by atoms with Gasteiger partial charge in [0.15, 0.2) is 0 Å². The zero-order valence-corrected chi connectivity index (χ0v) is 15.0. The molecular weight excluding hydrogens is 302 g/mol. The van der Waals surface area contributed by atoms with E-state index in [0.717, 1.165) is 43.6 Å². The van der Waals surface area contributed by atoms with E-state index in [1.54, 1.807) is 0 Å². The van der Waals surface area contributed by atoms with Crippen molar-refractivity contribution in [3.63, 3.8) is 0 Å². The quantitative estimate of drug-likeness (QED) is 0.604. The van der Waals surface area contributed by atoms with Gasteiger partial charge in [0, 0.05) is 18.4 Å². The number of allylic oxidation sites excluding steroid dienone is 1. The molecule has 4 nitrogen and oxygen atoms in total. The largest absolute Gasteiger partial charge is 0.762 e. The Hall–Kier alpha value is -0.710. The van der Waals surface area contributed by atoms with Crippen molar-refractivity contribution in [2.75, 3.05) is 6.54 Å². The maximum absolute atomic E-state index is 12.4. The number of rotatable bonds is 2. The lowest BCUT2D eigenvalue weighted by atomic mass is 9.45. The molecule has 0 unspecified atom stereocenters. The number of ketones is 1. The molecule has 3 fully saturated rings. The molecule has 1 N–H and O–H groups in total. The molecule has 6 atom stereocenters. The Bertz CT molecular complexity index is 571. The van der Waals surface area contributed by atoms with E-state index in [2.05, 4.69) is 19.9 Å². The lowest BCUT2D eigenvalue weighted by Crippen LogP contribution is -2.52. The van der Waals surface area contributed by atoms with Gasteiger partial charge in [-0.2, -0.15) is 0 Å². The first-order valence-corrected chi connectivity index (χ1v) is 9.69. The van der Waals surface area contributed by atoms with Gasteiger partial charge in [-0.05, 0) is 74.0 Å². The second-order valence-electron chi connectivity index (χ2n) is 9.36. The van der Waals surface area contributed by atoms with Crippen LogP contribution in [0.4, 0.5) is 0 Å². The van der Waals surface area contributed by atoms with Crippen LogP contribution in [0.2, 0.25) is 0 Å². The van der Waals surface area contributed by atoms with E-state index in [9.17, 15) is 10.0 Å². The van der Waals surface area contributed by atoms with Gasteiger partial charge in [0.25, 0.3) is 0 Å². The predicted octanol–water partition coefficient (Wildman–Crippen LogP) is 4.32. The van der Waals surface area contributed by atoms with Crippen LogP contribution in [0.1, 0.15) is 65.2 Å². The molecule has 4 aliphatic carbocycles. The summed E-state index contributed by atoms with van der Waals surface area (Å²) in [4.78, 5) is 12.4. The number of nitrogens with zero attached hydrogens (tertiary/aromatic N) is 1. The van der Waals surface area contributed by atoms with E-state index < -0.39 is 0 Å². The van der Waals surface area contributed by atoms with Crippen LogP contribution in [0.25, 0.3) is 0 Å². The Morgan fingerprint density at radius 3 is 2.79 bits per heavy atom. The van der Waals surface area contributed by atoms with Crippen molar-refractivity contribution in [3.05, 3.63) is 16.9 Å². The molecule has 0 heterocycles. The Kier molecular flexibility index (Phi) is 3.94. The average molecular weight is 332 g/mol. The fourth-order valence-electron chi connectivity index (χ4n) is 7.03. The molecule has 4 heteroatoms. The van der Waals surface area contributed by atoms with Crippen molar-refractivity contribution >= 4 is 5.78 Å². The van der Waals surface area contributed by atoms with Gasteiger partial charge >= 0.3 is 0 Å².